The van der Waals surface area contributed by atoms with E-state index in [0.29, 0.717) is 10.8 Å². The molecule has 0 radical (unpaired) electrons. The van der Waals surface area contributed by atoms with Crippen LogP contribution in [0.15, 0.2) is 24.3 Å². The van der Waals surface area contributed by atoms with Gasteiger partial charge >= 0.3 is 5.97 Å². The molecule has 6 nitrogen and oxygen atoms in total. The summed E-state index contributed by atoms with van der Waals surface area (Å²) < 4.78 is 1.28. The molecule has 0 saturated heterocycles. The largest absolute Gasteiger partial charge is 0.480 e. The van der Waals surface area contributed by atoms with Gasteiger partial charge < -0.3 is 5.11 Å². The van der Waals surface area contributed by atoms with Gasteiger partial charge in [-0.05, 0) is 29.0 Å². The zero-order valence-electron chi connectivity index (χ0n) is 9.62. The minimum Gasteiger partial charge on any atom is -0.480 e. The van der Waals surface area contributed by atoms with Gasteiger partial charge in [0.1, 0.15) is 5.82 Å². The fourth-order valence-corrected chi connectivity index (χ4v) is 1.89. The molecule has 1 atom stereocenters. The second-order valence-electron chi connectivity index (χ2n) is 3.82. The number of rotatable bonds is 4. The average molecular weight is 267 g/mol. The van der Waals surface area contributed by atoms with E-state index in [0.717, 1.165) is 5.56 Å². The van der Waals surface area contributed by atoms with E-state index in [1.165, 1.54) is 4.68 Å². The summed E-state index contributed by atoms with van der Waals surface area (Å²) in [6.45, 7) is 1.66. The number of benzene rings is 1. The number of hydrogen-bond acceptors (Lipinski definition) is 4. The van der Waals surface area contributed by atoms with E-state index < -0.39 is 12.0 Å². The number of tetrazole rings is 1. The van der Waals surface area contributed by atoms with Crippen molar-refractivity contribution >= 4 is 17.6 Å². The van der Waals surface area contributed by atoms with Crippen molar-refractivity contribution in [1.82, 2.24) is 20.2 Å². The zero-order valence-corrected chi connectivity index (χ0v) is 10.4. The number of carboxylic acids is 1. The van der Waals surface area contributed by atoms with E-state index in [4.69, 9.17) is 11.6 Å². The van der Waals surface area contributed by atoms with E-state index in [2.05, 4.69) is 15.5 Å². The summed E-state index contributed by atoms with van der Waals surface area (Å²) in [7, 11) is 0. The molecule has 0 amide bonds. The molecule has 2 rings (SSSR count). The molecule has 1 aromatic heterocycles. The molecule has 0 unspecified atom stereocenters. The van der Waals surface area contributed by atoms with E-state index in [9.17, 15) is 9.90 Å². The minimum atomic E-state index is -0.995. The van der Waals surface area contributed by atoms with Gasteiger partial charge in [0.15, 0.2) is 6.04 Å². The van der Waals surface area contributed by atoms with Crippen LogP contribution in [0, 0.1) is 6.92 Å². The quantitative estimate of drug-likeness (QED) is 0.907. The highest BCUT2D eigenvalue weighted by molar-refractivity contribution is 6.31. The van der Waals surface area contributed by atoms with Crippen LogP contribution in [-0.2, 0) is 11.2 Å². The van der Waals surface area contributed by atoms with Gasteiger partial charge in [-0.15, -0.1) is 5.10 Å². The Bertz CT molecular complexity index is 570. The summed E-state index contributed by atoms with van der Waals surface area (Å²) in [5.74, 6) is -0.542. The minimum absolute atomic E-state index is 0.237. The first-order valence-electron chi connectivity index (χ1n) is 5.30. The third-order valence-electron chi connectivity index (χ3n) is 2.61. The predicted molar refractivity (Wildman–Crippen MR) is 64.4 cm³/mol. The highest BCUT2D eigenvalue weighted by Crippen LogP contribution is 2.21. The fourth-order valence-electron chi connectivity index (χ4n) is 1.68. The maximum absolute atomic E-state index is 11.3. The SMILES string of the molecule is Cc1nnnn1[C@H](Cc1ccccc1Cl)C(=O)O. The van der Waals surface area contributed by atoms with Crippen molar-refractivity contribution < 1.29 is 9.90 Å². The molecule has 94 valence electrons. The Morgan fingerprint density at radius 2 is 2.22 bits per heavy atom. The van der Waals surface area contributed by atoms with Crippen molar-refractivity contribution in [2.24, 2.45) is 0 Å². The average Bonchev–Trinajstić information content (AvgIpc) is 2.74. The number of aryl methyl sites for hydroxylation is 1. The topological polar surface area (TPSA) is 80.9 Å². The highest BCUT2D eigenvalue weighted by atomic mass is 35.5. The molecule has 2 aromatic rings. The molecule has 0 spiro atoms. The Hall–Kier alpha value is -1.95. The van der Waals surface area contributed by atoms with E-state index in [-0.39, 0.29) is 6.42 Å². The van der Waals surface area contributed by atoms with Gasteiger partial charge in [-0.2, -0.15) is 0 Å². The number of halogens is 1. The van der Waals surface area contributed by atoms with Gasteiger partial charge in [0.25, 0.3) is 0 Å². The molecule has 18 heavy (non-hydrogen) atoms. The Balaban J connectivity index is 2.31. The fraction of sp³-hybridized carbons (Fsp3) is 0.273. The molecule has 1 heterocycles. The van der Waals surface area contributed by atoms with Gasteiger partial charge in [0, 0.05) is 11.4 Å². The summed E-state index contributed by atoms with van der Waals surface area (Å²) in [4.78, 5) is 11.3. The first kappa shape index (κ1) is 12.5. The number of carbonyl (C=O) groups is 1. The summed E-state index contributed by atoms with van der Waals surface area (Å²) in [5, 5.41) is 20.6. The lowest BCUT2D eigenvalue weighted by atomic mass is 10.1. The normalized spacial score (nSPS) is 12.3. The smallest absolute Gasteiger partial charge is 0.328 e. The number of aliphatic carboxylic acids is 1. The monoisotopic (exact) mass is 266 g/mol. The Labute approximate surface area is 108 Å². The second-order valence-corrected chi connectivity index (χ2v) is 4.23. The van der Waals surface area contributed by atoms with Crippen LogP contribution in [0.1, 0.15) is 17.4 Å². The van der Waals surface area contributed by atoms with Crippen molar-refractivity contribution in [2.75, 3.05) is 0 Å². The summed E-state index contributed by atoms with van der Waals surface area (Å²) in [6.07, 6.45) is 0.237. The third-order valence-corrected chi connectivity index (χ3v) is 2.98. The molecular formula is C11H11ClN4O2. The lowest BCUT2D eigenvalue weighted by Crippen LogP contribution is -2.23. The van der Waals surface area contributed by atoms with Crippen LogP contribution in [0.5, 0.6) is 0 Å². The Morgan fingerprint density at radius 1 is 1.50 bits per heavy atom. The first-order valence-corrected chi connectivity index (χ1v) is 5.68. The molecule has 1 aromatic carbocycles. The lowest BCUT2D eigenvalue weighted by molar-refractivity contribution is -0.141. The summed E-state index contributed by atoms with van der Waals surface area (Å²) >= 11 is 6.02. The maximum Gasteiger partial charge on any atom is 0.328 e. The molecule has 0 fully saturated rings. The Morgan fingerprint density at radius 3 is 2.78 bits per heavy atom. The van der Waals surface area contributed by atoms with Crippen LogP contribution in [0.25, 0.3) is 0 Å². The number of nitrogens with zero attached hydrogens (tertiary/aromatic N) is 4. The van der Waals surface area contributed by atoms with Crippen LogP contribution in [0.3, 0.4) is 0 Å². The standard InChI is InChI=1S/C11H11ClN4O2/c1-7-13-14-15-16(7)10(11(17)18)6-8-4-2-3-5-9(8)12/h2-5,10H,6H2,1H3,(H,17,18)/t10-/m1/s1. The first-order chi connectivity index (χ1) is 8.59. The molecule has 0 aliphatic carbocycles. The van der Waals surface area contributed by atoms with E-state index in [1.807, 2.05) is 6.07 Å². The Kier molecular flexibility index (Phi) is 3.57. The number of hydrogen-bond donors (Lipinski definition) is 1. The third kappa shape index (κ3) is 2.48. The van der Waals surface area contributed by atoms with Crippen molar-refractivity contribution in [3.8, 4) is 0 Å². The predicted octanol–water partition coefficient (Wildman–Crippen LogP) is 1.50. The van der Waals surface area contributed by atoms with Gasteiger partial charge in [0.2, 0.25) is 0 Å². The maximum atomic E-state index is 11.3. The van der Waals surface area contributed by atoms with E-state index in [1.54, 1.807) is 25.1 Å². The van der Waals surface area contributed by atoms with Crippen LogP contribution in [0.4, 0.5) is 0 Å². The number of carboxylic acid groups (broad SMARTS) is 1. The van der Waals surface area contributed by atoms with Crippen molar-refractivity contribution in [3.05, 3.63) is 40.7 Å². The highest BCUT2D eigenvalue weighted by Gasteiger charge is 2.24. The molecule has 0 saturated carbocycles. The molecule has 0 aliphatic rings. The van der Waals surface area contributed by atoms with Crippen LogP contribution < -0.4 is 0 Å². The summed E-state index contributed by atoms with van der Waals surface area (Å²) in [5.41, 5.74) is 0.751. The lowest BCUT2D eigenvalue weighted by Gasteiger charge is -2.13. The van der Waals surface area contributed by atoms with Crippen molar-refractivity contribution in [1.29, 1.82) is 0 Å². The number of aromatic nitrogens is 4. The van der Waals surface area contributed by atoms with Gasteiger partial charge in [0.05, 0.1) is 0 Å². The van der Waals surface area contributed by atoms with Crippen LogP contribution in [-0.4, -0.2) is 31.3 Å². The van der Waals surface area contributed by atoms with Crippen molar-refractivity contribution in [3.63, 3.8) is 0 Å². The van der Waals surface area contributed by atoms with Crippen LogP contribution >= 0.6 is 11.6 Å². The molecule has 0 aliphatic heterocycles. The molecule has 0 bridgehead atoms. The molecular weight excluding hydrogens is 256 g/mol. The molecule has 7 heteroatoms. The second kappa shape index (κ2) is 5.14. The van der Waals surface area contributed by atoms with Gasteiger partial charge in [-0.1, -0.05) is 29.8 Å². The van der Waals surface area contributed by atoms with Crippen LogP contribution in [0.2, 0.25) is 5.02 Å². The zero-order chi connectivity index (χ0) is 13.1. The summed E-state index contributed by atoms with van der Waals surface area (Å²) in [6, 6.07) is 6.26. The van der Waals surface area contributed by atoms with Crippen molar-refractivity contribution in [2.45, 2.75) is 19.4 Å². The van der Waals surface area contributed by atoms with Gasteiger partial charge in [-0.3, -0.25) is 0 Å². The van der Waals surface area contributed by atoms with E-state index >= 15 is 0 Å². The molecule has 1 N–H and O–H groups in total. The van der Waals surface area contributed by atoms with Gasteiger partial charge in [-0.25, -0.2) is 9.48 Å².